The van der Waals surface area contributed by atoms with Gasteiger partial charge in [0, 0.05) is 51.4 Å². The zero-order valence-electron chi connectivity index (χ0n) is 24.3. The van der Waals surface area contributed by atoms with Crippen LogP contribution in [0.2, 0.25) is 0 Å². The van der Waals surface area contributed by atoms with Crippen LogP contribution in [0.25, 0.3) is 0 Å². The summed E-state index contributed by atoms with van der Waals surface area (Å²) in [6, 6.07) is 16.5. The van der Waals surface area contributed by atoms with Crippen LogP contribution in [0.5, 0.6) is 0 Å². The van der Waals surface area contributed by atoms with E-state index >= 15 is 0 Å². The van der Waals surface area contributed by atoms with Gasteiger partial charge in [0.2, 0.25) is 10.0 Å². The van der Waals surface area contributed by atoms with Gasteiger partial charge in [0.15, 0.2) is 0 Å². The number of ether oxygens (including phenoxy) is 1. The molecule has 1 aliphatic rings. The number of sulfonamides is 1. The number of rotatable bonds is 14. The van der Waals surface area contributed by atoms with E-state index in [1.807, 2.05) is 5.38 Å². The molecule has 1 fully saturated rings. The van der Waals surface area contributed by atoms with Crippen LogP contribution in [-0.4, -0.2) is 79.4 Å². The summed E-state index contributed by atoms with van der Waals surface area (Å²) in [5.41, 5.74) is 1.80. The molecule has 230 valence electrons. The van der Waals surface area contributed by atoms with Gasteiger partial charge >= 0.3 is 6.09 Å². The van der Waals surface area contributed by atoms with Gasteiger partial charge in [-0.25, -0.2) is 17.5 Å². The van der Waals surface area contributed by atoms with Gasteiger partial charge in [-0.2, -0.15) is 11.3 Å². The van der Waals surface area contributed by atoms with Gasteiger partial charge in [-0.15, -0.1) is 6.58 Å². The highest BCUT2D eigenvalue weighted by Gasteiger charge is 2.30. The minimum Gasteiger partial charge on any atom is -0.445 e. The quantitative estimate of drug-likeness (QED) is 0.127. The number of amides is 1. The van der Waals surface area contributed by atoms with Crippen LogP contribution in [0.15, 0.2) is 89.0 Å². The second-order valence-corrected chi connectivity index (χ2v) is 13.5. The fourth-order valence-corrected chi connectivity index (χ4v) is 7.28. The molecule has 0 saturated carbocycles. The van der Waals surface area contributed by atoms with Crippen LogP contribution in [0.3, 0.4) is 0 Å². The minimum atomic E-state index is -3.59. The Morgan fingerprint density at radius 3 is 2.47 bits per heavy atom. The number of carbonyl (C=O) groups excluding carboxylic acids is 1. The Labute approximate surface area is 257 Å². The fraction of sp³-hybridized carbons (Fsp3) is 0.387. The van der Waals surface area contributed by atoms with Crippen LogP contribution >= 0.6 is 11.3 Å². The number of thiophene rings is 1. The number of likely N-dealkylation sites (N-methyl/N-ethyl adjacent to an activating group) is 1. The number of non-ortho nitro benzene ring substituents is 1. The van der Waals surface area contributed by atoms with Crippen molar-refractivity contribution in [1.82, 2.24) is 14.1 Å². The van der Waals surface area contributed by atoms with Crippen LogP contribution in [-0.2, 0) is 21.4 Å². The summed E-state index contributed by atoms with van der Waals surface area (Å²) in [5.74, 6) is 0.0547. The van der Waals surface area contributed by atoms with E-state index in [0.717, 1.165) is 44.5 Å². The van der Waals surface area contributed by atoms with Crippen LogP contribution in [0.4, 0.5) is 10.5 Å². The van der Waals surface area contributed by atoms with E-state index in [9.17, 15) is 23.3 Å². The third-order valence-electron chi connectivity index (χ3n) is 7.80. The van der Waals surface area contributed by atoms with E-state index in [1.54, 1.807) is 71.8 Å². The third-order valence-corrected chi connectivity index (χ3v) is 10.3. The van der Waals surface area contributed by atoms with Crippen molar-refractivity contribution in [2.24, 2.45) is 0 Å². The van der Waals surface area contributed by atoms with E-state index in [4.69, 9.17) is 4.74 Å². The average molecular weight is 627 g/mol. The van der Waals surface area contributed by atoms with Gasteiger partial charge in [-0.1, -0.05) is 24.3 Å². The van der Waals surface area contributed by atoms with Crippen molar-refractivity contribution in [3.05, 3.63) is 105 Å². The Morgan fingerprint density at radius 1 is 1.16 bits per heavy atom. The molecule has 3 aromatic rings. The second-order valence-electron chi connectivity index (χ2n) is 10.6. The molecule has 1 amide bonds. The lowest BCUT2D eigenvalue weighted by atomic mass is 9.97. The molecule has 10 nitrogen and oxygen atoms in total. The summed E-state index contributed by atoms with van der Waals surface area (Å²) in [5, 5.41) is 15.0. The van der Waals surface area contributed by atoms with Crippen molar-refractivity contribution in [1.29, 1.82) is 0 Å². The maximum atomic E-state index is 13.2. The molecule has 43 heavy (non-hydrogen) atoms. The first-order chi connectivity index (χ1) is 20.7. The van der Waals surface area contributed by atoms with Crippen molar-refractivity contribution >= 4 is 33.1 Å². The number of nitro benzene ring substituents is 1. The normalized spacial score (nSPS) is 15.2. The average Bonchev–Trinajstić information content (AvgIpc) is 3.56. The van der Waals surface area contributed by atoms with E-state index in [1.165, 1.54) is 16.4 Å². The zero-order chi connectivity index (χ0) is 30.8. The molecule has 1 saturated heterocycles. The number of nitrogens with zero attached hydrogens (tertiary/aromatic N) is 4. The summed E-state index contributed by atoms with van der Waals surface area (Å²) in [4.78, 5) is 27.7. The highest BCUT2D eigenvalue weighted by atomic mass is 32.2. The van der Waals surface area contributed by atoms with Gasteiger partial charge in [0.05, 0.1) is 9.82 Å². The van der Waals surface area contributed by atoms with Crippen LogP contribution in [0, 0.1) is 10.1 Å². The molecular weight excluding hydrogens is 588 g/mol. The van der Waals surface area contributed by atoms with Crippen LogP contribution < -0.4 is 0 Å². The van der Waals surface area contributed by atoms with E-state index in [-0.39, 0.29) is 24.3 Å². The number of benzene rings is 2. The van der Waals surface area contributed by atoms with Gasteiger partial charge < -0.3 is 14.5 Å². The molecule has 0 bridgehead atoms. The van der Waals surface area contributed by atoms with E-state index in [0.29, 0.717) is 23.5 Å². The molecule has 12 heteroatoms. The molecule has 0 aliphatic carbocycles. The lowest BCUT2D eigenvalue weighted by molar-refractivity contribution is -0.384. The first kappa shape index (κ1) is 32.3. The van der Waals surface area contributed by atoms with Crippen LogP contribution in [0.1, 0.15) is 36.3 Å². The Kier molecular flexibility index (Phi) is 11.5. The Bertz CT molecular complexity index is 1440. The third kappa shape index (κ3) is 8.73. The van der Waals surface area contributed by atoms with Crippen molar-refractivity contribution < 1.29 is 22.9 Å². The topological polar surface area (TPSA) is 113 Å². The van der Waals surface area contributed by atoms with Crippen molar-refractivity contribution in [2.45, 2.75) is 42.7 Å². The summed E-state index contributed by atoms with van der Waals surface area (Å²) >= 11 is 1.61. The molecule has 4 rings (SSSR count). The summed E-state index contributed by atoms with van der Waals surface area (Å²) < 4.78 is 33.3. The number of carbonyl (C=O) groups is 1. The molecular formula is C31H38N4O6S2. The van der Waals surface area contributed by atoms with Gasteiger partial charge in [0.1, 0.15) is 6.61 Å². The molecule has 0 N–H and O–H groups in total. The number of nitro groups is 1. The maximum absolute atomic E-state index is 13.2. The van der Waals surface area contributed by atoms with Gasteiger partial charge in [-0.3, -0.25) is 10.1 Å². The zero-order valence-corrected chi connectivity index (χ0v) is 25.9. The standard InChI is InChI=1S/C31H38N4O6S2/c1-3-17-34(31(36)41-23-25-9-11-29(12-10-25)35(37)38)28-14-19-33(20-15-28)18-13-26(27-16-21-42-24-27)22-32(2)43(39,40)30-7-5-4-6-8-30/h3-12,16,21,24,26,28H,1,13-15,17-20,22-23H2,2H3/t26-/m1/s1. The predicted molar refractivity (Wildman–Crippen MR) is 168 cm³/mol. The van der Waals surface area contributed by atoms with Crippen molar-refractivity contribution in [2.75, 3.05) is 39.8 Å². The Hall–Kier alpha value is -3.58. The largest absolute Gasteiger partial charge is 0.445 e. The van der Waals surface area contributed by atoms with Crippen molar-refractivity contribution in [3.8, 4) is 0 Å². The highest BCUT2D eigenvalue weighted by Crippen LogP contribution is 2.27. The first-order valence-electron chi connectivity index (χ1n) is 14.2. The van der Waals surface area contributed by atoms with Crippen molar-refractivity contribution in [3.63, 3.8) is 0 Å². The number of hydrogen-bond acceptors (Lipinski definition) is 8. The lowest BCUT2D eigenvalue weighted by Gasteiger charge is -2.38. The first-order valence-corrected chi connectivity index (χ1v) is 16.6. The number of piperidine rings is 1. The smallest absolute Gasteiger partial charge is 0.410 e. The SMILES string of the molecule is C=CCN(C(=O)OCc1ccc([N+](=O)[O-])cc1)C1CCN(CC[C@H](CN(C)S(=O)(=O)c2ccccc2)c2ccsc2)CC1. The number of hydrogen-bond donors (Lipinski definition) is 0. The van der Waals surface area contributed by atoms with E-state index in [2.05, 4.69) is 22.9 Å². The minimum absolute atomic E-state index is 0.00781. The Morgan fingerprint density at radius 2 is 1.86 bits per heavy atom. The summed E-state index contributed by atoms with van der Waals surface area (Å²) in [6.45, 7) is 7.02. The maximum Gasteiger partial charge on any atom is 0.410 e. The van der Waals surface area contributed by atoms with Gasteiger partial charge in [-0.05, 0) is 83.9 Å². The molecule has 1 atom stereocenters. The molecule has 2 aromatic carbocycles. The molecule has 0 unspecified atom stereocenters. The monoisotopic (exact) mass is 626 g/mol. The highest BCUT2D eigenvalue weighted by molar-refractivity contribution is 7.89. The summed E-state index contributed by atoms with van der Waals surface area (Å²) in [7, 11) is -1.95. The molecule has 0 spiro atoms. The molecule has 2 heterocycles. The van der Waals surface area contributed by atoms with E-state index < -0.39 is 21.0 Å². The van der Waals surface area contributed by atoms with Gasteiger partial charge in [0.25, 0.3) is 5.69 Å². The predicted octanol–water partition coefficient (Wildman–Crippen LogP) is 5.74. The summed E-state index contributed by atoms with van der Waals surface area (Å²) in [6.07, 6.45) is 3.63. The molecule has 0 radical (unpaired) electrons. The Balaban J connectivity index is 1.30. The fourth-order valence-electron chi connectivity index (χ4n) is 5.30. The molecule has 1 aliphatic heterocycles. The lowest BCUT2D eigenvalue weighted by Crippen LogP contribution is -2.48. The molecule has 1 aromatic heterocycles. The number of likely N-dealkylation sites (tertiary alicyclic amines) is 1. The second kappa shape index (κ2) is 15.2.